The molecule has 0 saturated carbocycles. The molecule has 0 aromatic rings. The van der Waals surface area contributed by atoms with Gasteiger partial charge in [-0.15, -0.1) is 0 Å². The highest BCUT2D eigenvalue weighted by molar-refractivity contribution is 6.30. The summed E-state index contributed by atoms with van der Waals surface area (Å²) in [6.07, 6.45) is 11.8. The first-order valence-electron chi connectivity index (χ1n) is 6.44. The molecule has 1 rings (SSSR count). The van der Waals surface area contributed by atoms with E-state index in [2.05, 4.69) is 0 Å². The molecule has 0 N–H and O–H groups in total. The van der Waals surface area contributed by atoms with E-state index in [0.29, 0.717) is 19.8 Å². The molecule has 1 aliphatic rings. The first kappa shape index (κ1) is 15.2. The molecule has 0 saturated heterocycles. The molecule has 18 heavy (non-hydrogen) atoms. The summed E-state index contributed by atoms with van der Waals surface area (Å²) >= 11 is 0. The maximum Gasteiger partial charge on any atom is 0.256 e. The Morgan fingerprint density at radius 2 is 1.44 bits per heavy atom. The summed E-state index contributed by atoms with van der Waals surface area (Å²) in [6, 6.07) is 0. The van der Waals surface area contributed by atoms with E-state index in [1.807, 2.05) is 62.4 Å². The average Bonchev–Trinajstić information content (AvgIpc) is 2.65. The molecule has 0 spiro atoms. The molecule has 0 atom stereocenters. The topological polar surface area (TPSA) is 30.9 Å². The zero-order valence-electron chi connectivity index (χ0n) is 11.5. The summed E-state index contributed by atoms with van der Waals surface area (Å²) < 4.78 is 17.4. The van der Waals surface area contributed by atoms with Gasteiger partial charge in [0, 0.05) is 32.2 Å². The smallest absolute Gasteiger partial charge is 0.256 e. The molecule has 0 fully saturated rings. The normalized spacial score (nSPS) is 15.8. The highest BCUT2D eigenvalue weighted by Gasteiger charge is 2.37. The van der Waals surface area contributed by atoms with Gasteiger partial charge < -0.3 is 18.8 Å². The molecule has 5 heteroatoms. The van der Waals surface area contributed by atoms with Crippen LogP contribution in [0.4, 0.5) is 0 Å². The van der Waals surface area contributed by atoms with Crippen LogP contribution < -0.4 is 0 Å². The van der Waals surface area contributed by atoms with Gasteiger partial charge in [-0.1, -0.05) is 12.2 Å². The van der Waals surface area contributed by atoms with Crippen LogP contribution >= 0.6 is 0 Å². The Hall–Kier alpha value is -0.883. The van der Waals surface area contributed by atoms with Crippen molar-refractivity contribution in [2.45, 2.75) is 26.3 Å². The summed E-state index contributed by atoms with van der Waals surface area (Å²) in [5.74, 6) is 0. The third-order valence-electron chi connectivity index (χ3n) is 2.45. The highest BCUT2D eigenvalue weighted by Crippen LogP contribution is 2.21. The summed E-state index contributed by atoms with van der Waals surface area (Å²) in [6.45, 7) is 7.80. The molecule has 0 amide bonds. The summed E-state index contributed by atoms with van der Waals surface area (Å²) in [5, 5.41) is 0. The Bertz CT molecular complexity index is 293. The third-order valence-corrected chi connectivity index (χ3v) is 4.20. The van der Waals surface area contributed by atoms with Crippen molar-refractivity contribution in [3.63, 3.8) is 0 Å². The monoisotopic (exact) mass is 269 g/mol. The molecule has 0 aromatic heterocycles. The Morgan fingerprint density at radius 3 is 1.89 bits per heavy atom. The lowest BCUT2D eigenvalue weighted by atomic mass is 10.5. The fourth-order valence-electron chi connectivity index (χ4n) is 1.72. The SMILES string of the molecule is CCO[SiH2]C(OCC)(OCC)N1C=CC=CC=C1. The second kappa shape index (κ2) is 8.26. The van der Waals surface area contributed by atoms with E-state index < -0.39 is 15.3 Å². The van der Waals surface area contributed by atoms with Crippen molar-refractivity contribution >= 4 is 9.76 Å². The van der Waals surface area contributed by atoms with Gasteiger partial charge in [-0.25, -0.2) is 0 Å². The quantitative estimate of drug-likeness (QED) is 0.496. The van der Waals surface area contributed by atoms with Gasteiger partial charge in [0.15, 0.2) is 0 Å². The van der Waals surface area contributed by atoms with Crippen molar-refractivity contribution in [3.05, 3.63) is 36.7 Å². The third kappa shape index (κ3) is 4.10. The van der Waals surface area contributed by atoms with Crippen molar-refractivity contribution in [1.29, 1.82) is 0 Å². The molecular weight excluding hydrogens is 246 g/mol. The molecule has 0 aliphatic carbocycles. The second-order valence-corrected chi connectivity index (χ2v) is 5.28. The Labute approximate surface area is 112 Å². The van der Waals surface area contributed by atoms with Gasteiger partial charge in [0.25, 0.3) is 15.3 Å². The van der Waals surface area contributed by atoms with Crippen LogP contribution in [0.5, 0.6) is 0 Å². The number of hydrogen-bond acceptors (Lipinski definition) is 4. The lowest BCUT2D eigenvalue weighted by Gasteiger charge is -2.39. The van der Waals surface area contributed by atoms with Gasteiger partial charge in [0.2, 0.25) is 0 Å². The van der Waals surface area contributed by atoms with Crippen molar-refractivity contribution in [3.8, 4) is 0 Å². The van der Waals surface area contributed by atoms with E-state index in [1.54, 1.807) is 0 Å². The highest BCUT2D eigenvalue weighted by atomic mass is 28.2. The minimum Gasteiger partial charge on any atom is -0.415 e. The maximum absolute atomic E-state index is 5.88. The number of rotatable bonds is 8. The van der Waals surface area contributed by atoms with Crippen LogP contribution in [0, 0.1) is 0 Å². The van der Waals surface area contributed by atoms with Gasteiger partial charge in [-0.2, -0.15) is 0 Å². The standard InChI is InChI=1S/C13H23NO3Si/c1-4-15-13(16-5-2,18-17-6-3)14-11-9-7-8-10-12-14/h7-12H,4-6,18H2,1-3H3. The lowest BCUT2D eigenvalue weighted by Crippen LogP contribution is -2.54. The minimum absolute atomic E-state index is 0.589. The van der Waals surface area contributed by atoms with E-state index in [9.17, 15) is 0 Å². The number of hydrogen-bond donors (Lipinski definition) is 0. The summed E-state index contributed by atoms with van der Waals surface area (Å²) in [5.41, 5.74) is -0.751. The zero-order valence-corrected chi connectivity index (χ0v) is 12.9. The van der Waals surface area contributed by atoms with E-state index in [1.165, 1.54) is 0 Å². The zero-order chi connectivity index (χ0) is 13.3. The first-order valence-corrected chi connectivity index (χ1v) is 7.73. The van der Waals surface area contributed by atoms with Gasteiger partial charge in [0.05, 0.1) is 0 Å². The molecule has 1 heterocycles. The van der Waals surface area contributed by atoms with E-state index >= 15 is 0 Å². The first-order chi connectivity index (χ1) is 8.79. The predicted octanol–water partition coefficient (Wildman–Crippen LogP) is 1.69. The fourth-order valence-corrected chi connectivity index (χ4v) is 3.12. The molecule has 0 aromatic carbocycles. The molecule has 0 radical (unpaired) electrons. The van der Waals surface area contributed by atoms with Crippen LogP contribution in [0.15, 0.2) is 36.7 Å². The second-order valence-electron chi connectivity index (χ2n) is 3.69. The Kier molecular flexibility index (Phi) is 6.96. The van der Waals surface area contributed by atoms with Crippen LogP contribution in [-0.4, -0.2) is 40.0 Å². The Balaban J connectivity index is 2.90. The molecule has 4 nitrogen and oxygen atoms in total. The van der Waals surface area contributed by atoms with E-state index in [0.717, 1.165) is 0 Å². The molecule has 0 bridgehead atoms. The molecule has 1 aliphatic heterocycles. The van der Waals surface area contributed by atoms with E-state index in [4.69, 9.17) is 13.9 Å². The van der Waals surface area contributed by atoms with Crippen molar-refractivity contribution < 1.29 is 13.9 Å². The largest absolute Gasteiger partial charge is 0.415 e. The van der Waals surface area contributed by atoms with Crippen LogP contribution in [0.25, 0.3) is 0 Å². The van der Waals surface area contributed by atoms with Crippen LogP contribution in [0.2, 0.25) is 0 Å². The average molecular weight is 269 g/mol. The maximum atomic E-state index is 5.88. The number of allylic oxidation sites excluding steroid dienone is 4. The fraction of sp³-hybridized carbons (Fsp3) is 0.538. The lowest BCUT2D eigenvalue weighted by molar-refractivity contribution is -0.240. The van der Waals surface area contributed by atoms with Crippen molar-refractivity contribution in [1.82, 2.24) is 4.90 Å². The molecular formula is C13H23NO3Si. The van der Waals surface area contributed by atoms with Crippen molar-refractivity contribution in [2.75, 3.05) is 19.8 Å². The minimum atomic E-state index is -1.01. The number of ether oxygens (including phenoxy) is 2. The van der Waals surface area contributed by atoms with Gasteiger partial charge >= 0.3 is 0 Å². The summed E-state index contributed by atoms with van der Waals surface area (Å²) in [4.78, 5) is 1.96. The Morgan fingerprint density at radius 1 is 0.889 bits per heavy atom. The van der Waals surface area contributed by atoms with Crippen molar-refractivity contribution in [2.24, 2.45) is 0 Å². The predicted molar refractivity (Wildman–Crippen MR) is 75.4 cm³/mol. The van der Waals surface area contributed by atoms with Gasteiger partial charge in [-0.05, 0) is 32.9 Å². The van der Waals surface area contributed by atoms with Crippen LogP contribution in [0.1, 0.15) is 20.8 Å². The van der Waals surface area contributed by atoms with Gasteiger partial charge in [-0.3, -0.25) is 0 Å². The van der Waals surface area contributed by atoms with Gasteiger partial charge in [0.1, 0.15) is 0 Å². The number of nitrogens with zero attached hydrogens (tertiary/aromatic N) is 1. The van der Waals surface area contributed by atoms with Crippen LogP contribution in [-0.2, 0) is 13.9 Å². The van der Waals surface area contributed by atoms with E-state index in [-0.39, 0.29) is 0 Å². The molecule has 0 unspecified atom stereocenters. The summed E-state index contributed by atoms with van der Waals surface area (Å²) in [7, 11) is -1.01. The molecule has 102 valence electrons. The van der Waals surface area contributed by atoms with Crippen LogP contribution in [0.3, 0.4) is 0 Å².